The zero-order valence-corrected chi connectivity index (χ0v) is 11.8. The molecule has 2 atom stereocenters. The second-order valence-electron chi connectivity index (χ2n) is 5.84. The maximum atomic E-state index is 12.3. The third kappa shape index (κ3) is 3.35. The first-order valence-corrected chi connectivity index (χ1v) is 7.18. The number of aromatic nitrogens is 2. The van der Waals surface area contributed by atoms with Gasteiger partial charge in [-0.25, -0.2) is 0 Å². The topological polar surface area (TPSA) is 83.8 Å². The third-order valence-electron chi connectivity index (χ3n) is 3.88. The van der Waals surface area contributed by atoms with Crippen LogP contribution < -0.4 is 11.1 Å². The first-order valence-electron chi connectivity index (χ1n) is 7.18. The number of hydrogen-bond donors (Lipinski definition) is 3. The van der Waals surface area contributed by atoms with Gasteiger partial charge in [0.25, 0.3) is 0 Å². The normalized spacial score (nSPS) is 27.2. The molecule has 1 heterocycles. The largest absolute Gasteiger partial charge is 0.317 e. The van der Waals surface area contributed by atoms with Gasteiger partial charge in [-0.3, -0.25) is 9.89 Å². The first-order chi connectivity index (χ1) is 9.03. The Morgan fingerprint density at radius 3 is 3.16 bits per heavy atom. The van der Waals surface area contributed by atoms with E-state index in [1.54, 1.807) is 0 Å². The minimum atomic E-state index is -0.735. The lowest BCUT2D eigenvalue weighted by Gasteiger charge is -2.34. The molecule has 2 unspecified atom stereocenters. The highest BCUT2D eigenvalue weighted by atomic mass is 16.2. The van der Waals surface area contributed by atoms with Crippen molar-refractivity contribution >= 4 is 11.7 Å². The summed E-state index contributed by atoms with van der Waals surface area (Å²) in [5.41, 5.74) is 6.56. The molecule has 1 fully saturated rings. The summed E-state index contributed by atoms with van der Waals surface area (Å²) in [6.07, 6.45) is 5.68. The van der Waals surface area contributed by atoms with Gasteiger partial charge in [-0.2, -0.15) is 5.10 Å². The smallest absolute Gasteiger partial charge is 0.245 e. The fraction of sp³-hybridized carbons (Fsp3) is 0.714. The Morgan fingerprint density at radius 1 is 1.68 bits per heavy atom. The standard InChI is InChI=1S/C14H24N4O/c1-3-5-11-8-12(18-17-11)16-13(19)14(15)7-4-6-10(2)9-14/h8,10H,3-7,9,15H2,1-2H3,(H2,16,17,18,19). The summed E-state index contributed by atoms with van der Waals surface area (Å²) in [6, 6.07) is 1.89. The number of aryl methyl sites for hydroxylation is 1. The van der Waals surface area contributed by atoms with Crippen LogP contribution in [-0.2, 0) is 11.2 Å². The van der Waals surface area contributed by atoms with E-state index in [2.05, 4.69) is 29.4 Å². The number of aromatic amines is 1. The number of hydrogen-bond acceptors (Lipinski definition) is 3. The molecule has 0 bridgehead atoms. The van der Waals surface area contributed by atoms with Crippen LogP contribution in [0.3, 0.4) is 0 Å². The highest BCUT2D eigenvalue weighted by Crippen LogP contribution is 2.31. The number of carbonyl (C=O) groups is 1. The van der Waals surface area contributed by atoms with Crippen LogP contribution >= 0.6 is 0 Å². The Labute approximate surface area is 114 Å². The predicted octanol–water partition coefficient (Wildman–Crippen LogP) is 2.21. The summed E-state index contributed by atoms with van der Waals surface area (Å²) in [4.78, 5) is 12.3. The van der Waals surface area contributed by atoms with Crippen molar-refractivity contribution in [2.75, 3.05) is 5.32 Å². The lowest BCUT2D eigenvalue weighted by atomic mass is 9.76. The van der Waals surface area contributed by atoms with E-state index < -0.39 is 5.54 Å². The molecule has 1 aromatic rings. The number of carbonyl (C=O) groups excluding carboxylic acids is 1. The monoisotopic (exact) mass is 264 g/mol. The Balaban J connectivity index is 1.99. The summed E-state index contributed by atoms with van der Waals surface area (Å²) in [6.45, 7) is 4.26. The Kier molecular flexibility index (Phi) is 4.24. The van der Waals surface area contributed by atoms with Crippen LogP contribution in [0.1, 0.15) is 51.6 Å². The highest BCUT2D eigenvalue weighted by Gasteiger charge is 2.38. The molecule has 1 amide bonds. The molecular weight excluding hydrogens is 240 g/mol. The van der Waals surface area contributed by atoms with Crippen LogP contribution in [0, 0.1) is 5.92 Å². The molecule has 1 aromatic heterocycles. The summed E-state index contributed by atoms with van der Waals surface area (Å²) >= 11 is 0. The maximum absolute atomic E-state index is 12.3. The van der Waals surface area contributed by atoms with Gasteiger partial charge in [0.2, 0.25) is 5.91 Å². The molecule has 0 saturated heterocycles. The summed E-state index contributed by atoms with van der Waals surface area (Å²) in [5.74, 6) is 0.990. The highest BCUT2D eigenvalue weighted by molar-refractivity contribution is 5.97. The van der Waals surface area contributed by atoms with E-state index >= 15 is 0 Å². The molecule has 0 radical (unpaired) electrons. The van der Waals surface area contributed by atoms with E-state index in [1.807, 2.05) is 6.07 Å². The second kappa shape index (κ2) is 5.74. The van der Waals surface area contributed by atoms with E-state index in [0.717, 1.165) is 44.2 Å². The molecule has 1 saturated carbocycles. The Hall–Kier alpha value is -1.36. The fourth-order valence-electron chi connectivity index (χ4n) is 2.86. The van der Waals surface area contributed by atoms with E-state index in [9.17, 15) is 4.79 Å². The van der Waals surface area contributed by atoms with Crippen molar-refractivity contribution < 1.29 is 4.79 Å². The fourth-order valence-corrected chi connectivity index (χ4v) is 2.86. The summed E-state index contributed by atoms with van der Waals surface area (Å²) in [7, 11) is 0. The zero-order chi connectivity index (χ0) is 13.9. The summed E-state index contributed by atoms with van der Waals surface area (Å²) in [5, 5.41) is 9.88. The molecular formula is C14H24N4O. The van der Waals surface area contributed by atoms with Gasteiger partial charge in [0, 0.05) is 11.8 Å². The zero-order valence-electron chi connectivity index (χ0n) is 11.8. The molecule has 2 rings (SSSR count). The number of anilines is 1. The van der Waals surface area contributed by atoms with Gasteiger partial charge in [-0.05, 0) is 25.2 Å². The second-order valence-corrected chi connectivity index (χ2v) is 5.84. The van der Waals surface area contributed by atoms with E-state index in [4.69, 9.17) is 5.73 Å². The molecule has 4 N–H and O–H groups in total. The van der Waals surface area contributed by atoms with Crippen molar-refractivity contribution in [3.05, 3.63) is 11.8 Å². The van der Waals surface area contributed by atoms with Crippen molar-refractivity contribution in [1.82, 2.24) is 10.2 Å². The van der Waals surface area contributed by atoms with Gasteiger partial charge in [-0.1, -0.05) is 33.1 Å². The first kappa shape index (κ1) is 14.1. The van der Waals surface area contributed by atoms with Crippen LogP contribution in [0.25, 0.3) is 0 Å². The molecule has 5 nitrogen and oxygen atoms in total. The number of amides is 1. The molecule has 1 aliphatic carbocycles. The van der Waals surface area contributed by atoms with Crippen LogP contribution in [0.15, 0.2) is 6.07 Å². The van der Waals surface area contributed by atoms with E-state index in [1.165, 1.54) is 0 Å². The number of nitrogens with zero attached hydrogens (tertiary/aromatic N) is 1. The number of nitrogens with two attached hydrogens (primary N) is 1. The minimum absolute atomic E-state index is 0.103. The van der Waals surface area contributed by atoms with Gasteiger partial charge >= 0.3 is 0 Å². The summed E-state index contributed by atoms with van der Waals surface area (Å²) < 4.78 is 0. The molecule has 19 heavy (non-hydrogen) atoms. The van der Waals surface area contributed by atoms with Gasteiger partial charge in [-0.15, -0.1) is 0 Å². The number of H-pyrrole nitrogens is 1. The van der Waals surface area contributed by atoms with Crippen molar-refractivity contribution in [1.29, 1.82) is 0 Å². The third-order valence-corrected chi connectivity index (χ3v) is 3.88. The molecule has 0 spiro atoms. The lowest BCUT2D eigenvalue weighted by Crippen LogP contribution is -2.53. The van der Waals surface area contributed by atoms with Crippen molar-refractivity contribution in [2.45, 2.75) is 57.9 Å². The molecule has 1 aliphatic rings. The van der Waals surface area contributed by atoms with E-state index in [-0.39, 0.29) is 5.91 Å². The van der Waals surface area contributed by atoms with Crippen LogP contribution in [0.2, 0.25) is 0 Å². The van der Waals surface area contributed by atoms with Gasteiger partial charge < -0.3 is 11.1 Å². The maximum Gasteiger partial charge on any atom is 0.245 e. The SMILES string of the molecule is CCCc1cc(NC(=O)C2(N)CCCC(C)C2)n[nH]1. The van der Waals surface area contributed by atoms with Gasteiger partial charge in [0.1, 0.15) is 0 Å². The average Bonchev–Trinajstić information content (AvgIpc) is 2.77. The molecule has 5 heteroatoms. The molecule has 0 aliphatic heterocycles. The molecule has 106 valence electrons. The lowest BCUT2D eigenvalue weighted by molar-refractivity contribution is -0.122. The van der Waals surface area contributed by atoms with Crippen LogP contribution in [-0.4, -0.2) is 21.6 Å². The van der Waals surface area contributed by atoms with Gasteiger partial charge in [0.15, 0.2) is 5.82 Å². The molecule has 0 aromatic carbocycles. The van der Waals surface area contributed by atoms with Crippen LogP contribution in [0.5, 0.6) is 0 Å². The predicted molar refractivity (Wildman–Crippen MR) is 75.8 cm³/mol. The average molecular weight is 264 g/mol. The quantitative estimate of drug-likeness (QED) is 0.779. The van der Waals surface area contributed by atoms with E-state index in [0.29, 0.717) is 11.7 Å². The Bertz CT molecular complexity index is 442. The van der Waals surface area contributed by atoms with Crippen molar-refractivity contribution in [2.24, 2.45) is 11.7 Å². The minimum Gasteiger partial charge on any atom is -0.317 e. The Morgan fingerprint density at radius 2 is 2.47 bits per heavy atom. The number of rotatable bonds is 4. The van der Waals surface area contributed by atoms with Crippen molar-refractivity contribution in [3.8, 4) is 0 Å². The van der Waals surface area contributed by atoms with Gasteiger partial charge in [0.05, 0.1) is 5.54 Å². The van der Waals surface area contributed by atoms with Crippen LogP contribution in [0.4, 0.5) is 5.82 Å². The van der Waals surface area contributed by atoms with Crippen molar-refractivity contribution in [3.63, 3.8) is 0 Å². The number of nitrogens with one attached hydrogen (secondary N) is 2.